The first-order valence-corrected chi connectivity index (χ1v) is 17.0. The largest absolute Gasteiger partial charge is 0.492 e. The second-order valence-electron chi connectivity index (χ2n) is 11.8. The van der Waals surface area contributed by atoms with Crippen LogP contribution < -0.4 is 10.1 Å². The predicted molar refractivity (Wildman–Crippen MR) is 186 cm³/mol. The van der Waals surface area contributed by atoms with E-state index >= 15 is 0 Å². The molecule has 2 amide bonds. The van der Waals surface area contributed by atoms with E-state index in [4.69, 9.17) is 26.8 Å². The maximum atomic E-state index is 13.8. The van der Waals surface area contributed by atoms with Crippen molar-refractivity contribution in [1.29, 1.82) is 0 Å². The number of nitrogens with one attached hydrogen (secondary N) is 1. The number of ether oxygens (including phenoxy) is 2. The molecular formula is C35H31F6N3O6S2. The first-order chi connectivity index (χ1) is 24.6. The quantitative estimate of drug-likeness (QED) is 0.115. The Bertz CT molecular complexity index is 1850. The third-order valence-electron chi connectivity index (χ3n) is 7.97. The number of morpholine rings is 1. The molecule has 3 aromatic rings. The van der Waals surface area contributed by atoms with Gasteiger partial charge in [-0.05, 0) is 65.2 Å². The molecule has 9 nitrogen and oxygen atoms in total. The number of carbonyl (C=O) groups excluding carboxylic acids is 2. The van der Waals surface area contributed by atoms with Gasteiger partial charge in [0.25, 0.3) is 5.91 Å². The standard InChI is InChI=1S/C35H31F6N3O6S2/c36-34(37,38)24-18-23(19-25(20-24)35(39,40)41)27-15-22(4-5-28(27)50-13-10-43-8-11-49-12-9-43)16-29-32(48)44(33(51)52-29)7-6-30(45)42-26-3-1-2-21(14-26)17-31(46)47/h1-5,14-16,18-20H,6-13,17H2,(H,42,45)(H,46,47)/b29-16-. The summed E-state index contributed by atoms with van der Waals surface area (Å²) in [5.74, 6) is -1.99. The van der Waals surface area contributed by atoms with Crippen molar-refractivity contribution in [2.45, 2.75) is 25.2 Å². The van der Waals surface area contributed by atoms with Crippen LogP contribution in [0.3, 0.4) is 0 Å². The molecule has 2 saturated heterocycles. The van der Waals surface area contributed by atoms with E-state index in [1.165, 1.54) is 35.2 Å². The molecule has 2 aliphatic rings. The van der Waals surface area contributed by atoms with Crippen LogP contribution in [0.2, 0.25) is 0 Å². The van der Waals surface area contributed by atoms with Gasteiger partial charge in [-0.15, -0.1) is 0 Å². The molecule has 52 heavy (non-hydrogen) atoms. The minimum absolute atomic E-state index is 0.0462. The van der Waals surface area contributed by atoms with Crippen LogP contribution in [-0.4, -0.2) is 83.0 Å². The molecule has 2 N–H and O–H groups in total. The van der Waals surface area contributed by atoms with E-state index in [-0.39, 0.29) is 63.7 Å². The molecule has 5 rings (SSSR count). The predicted octanol–water partition coefficient (Wildman–Crippen LogP) is 6.96. The summed E-state index contributed by atoms with van der Waals surface area (Å²) in [5.41, 5.74) is -2.27. The number of thioether (sulfide) groups is 1. The first kappa shape index (κ1) is 38.8. The number of hydrogen-bond acceptors (Lipinski definition) is 8. The van der Waals surface area contributed by atoms with E-state index in [0.29, 0.717) is 56.2 Å². The minimum Gasteiger partial charge on any atom is -0.492 e. The van der Waals surface area contributed by atoms with E-state index in [0.717, 1.165) is 11.8 Å². The number of benzene rings is 3. The number of rotatable bonds is 12. The molecule has 0 saturated carbocycles. The Kier molecular flexibility index (Phi) is 12.3. The summed E-state index contributed by atoms with van der Waals surface area (Å²) in [6.45, 7) is 2.78. The Balaban J connectivity index is 1.37. The lowest BCUT2D eigenvalue weighted by molar-refractivity contribution is -0.143. The van der Waals surface area contributed by atoms with Gasteiger partial charge in [0, 0.05) is 43.9 Å². The van der Waals surface area contributed by atoms with Crippen molar-refractivity contribution in [2.75, 3.05) is 51.3 Å². The number of thiocarbonyl (C=S) groups is 1. The van der Waals surface area contributed by atoms with Gasteiger partial charge in [-0.3, -0.25) is 24.2 Å². The summed E-state index contributed by atoms with van der Waals surface area (Å²) < 4.78 is 94.1. The Morgan fingerprint density at radius 3 is 2.31 bits per heavy atom. The molecule has 2 aliphatic heterocycles. The van der Waals surface area contributed by atoms with Crippen molar-refractivity contribution in [3.05, 3.63) is 87.8 Å². The third-order valence-corrected chi connectivity index (χ3v) is 9.35. The zero-order valence-electron chi connectivity index (χ0n) is 27.2. The molecule has 0 unspecified atom stereocenters. The van der Waals surface area contributed by atoms with Crippen LogP contribution in [-0.2, 0) is 37.9 Å². The van der Waals surface area contributed by atoms with Crippen molar-refractivity contribution in [1.82, 2.24) is 9.80 Å². The Morgan fingerprint density at radius 2 is 1.65 bits per heavy atom. The average Bonchev–Trinajstić information content (AvgIpc) is 3.34. The zero-order chi connectivity index (χ0) is 37.6. The topological polar surface area (TPSA) is 108 Å². The number of carbonyl (C=O) groups is 3. The highest BCUT2D eigenvalue weighted by molar-refractivity contribution is 8.26. The van der Waals surface area contributed by atoms with Gasteiger partial charge in [0.1, 0.15) is 16.7 Å². The third kappa shape index (κ3) is 10.3. The molecule has 0 radical (unpaired) electrons. The van der Waals surface area contributed by atoms with Crippen LogP contribution in [0.4, 0.5) is 32.0 Å². The molecule has 0 atom stereocenters. The lowest BCUT2D eigenvalue weighted by Gasteiger charge is -2.26. The normalized spacial score (nSPS) is 16.4. The van der Waals surface area contributed by atoms with Crippen molar-refractivity contribution in [3.63, 3.8) is 0 Å². The molecule has 17 heteroatoms. The summed E-state index contributed by atoms with van der Waals surface area (Å²) in [7, 11) is 0. The number of nitrogens with zero attached hydrogens (tertiary/aromatic N) is 2. The van der Waals surface area contributed by atoms with Gasteiger partial charge in [0.15, 0.2) is 0 Å². The van der Waals surface area contributed by atoms with E-state index < -0.39 is 41.3 Å². The van der Waals surface area contributed by atoms with Crippen LogP contribution in [0.5, 0.6) is 5.75 Å². The maximum absolute atomic E-state index is 13.8. The van der Waals surface area contributed by atoms with Crippen molar-refractivity contribution in [2.24, 2.45) is 0 Å². The minimum atomic E-state index is -5.07. The number of halogens is 6. The van der Waals surface area contributed by atoms with Gasteiger partial charge >= 0.3 is 18.3 Å². The molecule has 2 fully saturated rings. The Morgan fingerprint density at radius 1 is 0.962 bits per heavy atom. The molecule has 0 aliphatic carbocycles. The van der Waals surface area contributed by atoms with Gasteiger partial charge < -0.3 is 19.9 Å². The summed E-state index contributed by atoms with van der Waals surface area (Å²) in [4.78, 5) is 40.4. The molecule has 0 bridgehead atoms. The van der Waals surface area contributed by atoms with Gasteiger partial charge in [0.2, 0.25) is 5.91 Å². The van der Waals surface area contributed by atoms with Crippen LogP contribution in [0, 0.1) is 0 Å². The summed E-state index contributed by atoms with van der Waals surface area (Å²) in [6.07, 6.45) is -9.11. The smallest absolute Gasteiger partial charge is 0.416 e. The lowest BCUT2D eigenvalue weighted by Crippen LogP contribution is -2.38. The highest BCUT2D eigenvalue weighted by atomic mass is 32.2. The molecule has 0 spiro atoms. The number of aliphatic carboxylic acids is 1. The first-order valence-electron chi connectivity index (χ1n) is 15.8. The van der Waals surface area contributed by atoms with Crippen LogP contribution in [0.1, 0.15) is 28.7 Å². The number of carboxylic acids is 1. The molecule has 276 valence electrons. The molecule has 2 heterocycles. The van der Waals surface area contributed by atoms with Crippen LogP contribution in [0.15, 0.2) is 65.6 Å². The fourth-order valence-electron chi connectivity index (χ4n) is 5.42. The molecule has 3 aromatic carbocycles. The number of alkyl halides is 6. The summed E-state index contributed by atoms with van der Waals surface area (Å²) in [5, 5.41) is 11.7. The fraction of sp³-hybridized carbons (Fsp3) is 0.314. The second kappa shape index (κ2) is 16.5. The Hall–Kier alpha value is -4.45. The summed E-state index contributed by atoms with van der Waals surface area (Å²) in [6, 6.07) is 11.9. The molecular weight excluding hydrogens is 737 g/mol. The number of amides is 2. The van der Waals surface area contributed by atoms with Gasteiger partial charge in [-0.25, -0.2) is 0 Å². The zero-order valence-corrected chi connectivity index (χ0v) is 28.8. The van der Waals surface area contributed by atoms with E-state index in [1.54, 1.807) is 18.2 Å². The fourth-order valence-corrected chi connectivity index (χ4v) is 6.73. The average molecular weight is 768 g/mol. The molecule has 0 aromatic heterocycles. The van der Waals surface area contributed by atoms with Crippen molar-refractivity contribution >= 4 is 57.8 Å². The maximum Gasteiger partial charge on any atom is 0.416 e. The summed E-state index contributed by atoms with van der Waals surface area (Å²) >= 11 is 6.29. The highest BCUT2D eigenvalue weighted by Crippen LogP contribution is 2.42. The van der Waals surface area contributed by atoms with E-state index in [1.807, 2.05) is 0 Å². The monoisotopic (exact) mass is 767 g/mol. The Labute approximate surface area is 303 Å². The van der Waals surface area contributed by atoms with E-state index in [2.05, 4.69) is 10.2 Å². The van der Waals surface area contributed by atoms with Gasteiger partial charge in [0.05, 0.1) is 35.7 Å². The van der Waals surface area contributed by atoms with E-state index in [9.17, 15) is 40.7 Å². The second-order valence-corrected chi connectivity index (χ2v) is 13.4. The number of anilines is 1. The van der Waals surface area contributed by atoms with Crippen LogP contribution in [0.25, 0.3) is 17.2 Å². The van der Waals surface area contributed by atoms with Crippen LogP contribution >= 0.6 is 24.0 Å². The number of hydrogen-bond donors (Lipinski definition) is 2. The highest BCUT2D eigenvalue weighted by Gasteiger charge is 2.37. The van der Waals surface area contributed by atoms with Crippen molar-refractivity contribution < 1.29 is 55.3 Å². The van der Waals surface area contributed by atoms with Gasteiger partial charge in [-0.1, -0.05) is 42.2 Å². The lowest BCUT2D eigenvalue weighted by atomic mass is 9.96. The van der Waals surface area contributed by atoms with Crippen molar-refractivity contribution in [3.8, 4) is 16.9 Å². The SMILES string of the molecule is O=C(O)Cc1cccc(NC(=O)CCN2C(=O)/C(=C/c3ccc(OCCN4CCOCC4)c(-c4cc(C(F)(F)F)cc(C(F)(F)F)c4)c3)SC2=S)c1. The number of carboxylic acid groups (broad SMARTS) is 1. The van der Waals surface area contributed by atoms with Gasteiger partial charge in [-0.2, -0.15) is 26.3 Å².